The highest BCUT2D eigenvalue weighted by Gasteiger charge is 2.29. The second-order valence-electron chi connectivity index (χ2n) is 3.24. The van der Waals surface area contributed by atoms with E-state index >= 15 is 0 Å². The van der Waals surface area contributed by atoms with Gasteiger partial charge in [-0.2, -0.15) is 0 Å². The van der Waals surface area contributed by atoms with E-state index < -0.39 is 30.1 Å². The Balaban J connectivity index is 0.000000342. The second kappa shape index (κ2) is 7.80. The van der Waals surface area contributed by atoms with Crippen molar-refractivity contribution in [3.05, 3.63) is 35.9 Å². The largest absolute Gasteiger partial charge is 0.479 e. The summed E-state index contributed by atoms with van der Waals surface area (Å²) in [5.41, 5.74) is 0.331. The van der Waals surface area contributed by atoms with Gasteiger partial charge in [-0.3, -0.25) is 0 Å². The molecular weight excluding hydrogens is 260 g/mol. The van der Waals surface area contributed by atoms with Gasteiger partial charge in [0.05, 0.1) is 5.56 Å². The Morgan fingerprint density at radius 3 is 1.37 bits per heavy atom. The quantitative estimate of drug-likeness (QED) is 0.480. The molecule has 1 aromatic carbocycles. The number of carboxylic acids is 3. The van der Waals surface area contributed by atoms with E-state index in [2.05, 4.69) is 0 Å². The highest BCUT2D eigenvalue weighted by atomic mass is 16.4. The molecule has 0 spiro atoms. The summed E-state index contributed by atoms with van der Waals surface area (Å²) in [6, 6.07) is 8.30. The molecule has 0 radical (unpaired) electrons. The molecule has 0 bridgehead atoms. The normalized spacial score (nSPS) is 12.5. The molecule has 0 saturated carbocycles. The minimum Gasteiger partial charge on any atom is -0.479 e. The molecule has 0 aliphatic rings. The molecule has 104 valence electrons. The molecule has 0 fully saturated rings. The highest BCUT2D eigenvalue weighted by Crippen LogP contribution is 1.96. The average Bonchev–Trinajstić information content (AvgIpc) is 2.38. The summed E-state index contributed by atoms with van der Waals surface area (Å²) in [4.78, 5) is 29.7. The molecule has 0 amide bonds. The highest BCUT2D eigenvalue weighted by molar-refractivity contribution is 5.87. The number of benzene rings is 1. The van der Waals surface area contributed by atoms with Crippen LogP contribution in [0.4, 0.5) is 0 Å². The van der Waals surface area contributed by atoms with E-state index in [1.807, 2.05) is 0 Å². The maximum Gasteiger partial charge on any atom is 0.335 e. The molecule has 1 aromatic rings. The summed E-state index contributed by atoms with van der Waals surface area (Å²) in [6.45, 7) is 0. The summed E-state index contributed by atoms with van der Waals surface area (Å²) in [5.74, 6) is -4.42. The Hall–Kier alpha value is -2.45. The van der Waals surface area contributed by atoms with Crippen molar-refractivity contribution in [2.75, 3.05) is 0 Å². The van der Waals surface area contributed by atoms with E-state index in [0.29, 0.717) is 5.56 Å². The number of aliphatic hydroxyl groups excluding tert-OH is 2. The van der Waals surface area contributed by atoms with Crippen LogP contribution in [-0.2, 0) is 9.59 Å². The van der Waals surface area contributed by atoms with Gasteiger partial charge in [-0.1, -0.05) is 18.2 Å². The molecule has 0 aliphatic carbocycles. The molecule has 0 heterocycles. The van der Waals surface area contributed by atoms with Crippen molar-refractivity contribution < 1.29 is 39.9 Å². The van der Waals surface area contributed by atoms with Crippen molar-refractivity contribution in [2.45, 2.75) is 12.2 Å². The Morgan fingerprint density at radius 1 is 0.789 bits per heavy atom. The van der Waals surface area contributed by atoms with Crippen LogP contribution in [0.3, 0.4) is 0 Å². The Kier molecular flexibility index (Phi) is 6.79. The van der Waals surface area contributed by atoms with Gasteiger partial charge in [0.2, 0.25) is 0 Å². The van der Waals surface area contributed by atoms with Crippen LogP contribution in [0.15, 0.2) is 30.3 Å². The van der Waals surface area contributed by atoms with Crippen molar-refractivity contribution in [1.29, 1.82) is 0 Å². The van der Waals surface area contributed by atoms with Gasteiger partial charge in [-0.05, 0) is 12.1 Å². The third-order valence-corrected chi connectivity index (χ3v) is 1.83. The second-order valence-corrected chi connectivity index (χ2v) is 3.24. The molecule has 0 unspecified atom stereocenters. The van der Waals surface area contributed by atoms with Crippen LogP contribution in [0.25, 0.3) is 0 Å². The zero-order chi connectivity index (χ0) is 15.0. The number of aliphatic carboxylic acids is 2. The molecule has 0 saturated heterocycles. The fraction of sp³-hybridized carbons (Fsp3) is 0.182. The van der Waals surface area contributed by atoms with E-state index in [4.69, 9.17) is 25.5 Å². The minimum absolute atomic E-state index is 0.331. The maximum atomic E-state index is 10.2. The van der Waals surface area contributed by atoms with Gasteiger partial charge in [0.25, 0.3) is 0 Å². The lowest BCUT2D eigenvalue weighted by atomic mass is 10.2. The van der Waals surface area contributed by atoms with Crippen LogP contribution < -0.4 is 0 Å². The zero-order valence-electron chi connectivity index (χ0n) is 9.50. The van der Waals surface area contributed by atoms with Gasteiger partial charge < -0.3 is 25.5 Å². The smallest absolute Gasteiger partial charge is 0.335 e. The maximum absolute atomic E-state index is 10.2. The monoisotopic (exact) mass is 272 g/mol. The van der Waals surface area contributed by atoms with Gasteiger partial charge in [0.1, 0.15) is 0 Å². The van der Waals surface area contributed by atoms with Gasteiger partial charge in [0, 0.05) is 0 Å². The third-order valence-electron chi connectivity index (χ3n) is 1.83. The van der Waals surface area contributed by atoms with Crippen LogP contribution in [0.5, 0.6) is 0 Å². The molecule has 1 rings (SSSR count). The number of aromatic carboxylic acids is 1. The minimum atomic E-state index is -2.27. The fourth-order valence-electron chi connectivity index (χ4n) is 0.851. The van der Waals surface area contributed by atoms with Crippen LogP contribution >= 0.6 is 0 Å². The van der Waals surface area contributed by atoms with Crippen molar-refractivity contribution >= 4 is 17.9 Å². The van der Waals surface area contributed by atoms with Crippen molar-refractivity contribution in [3.63, 3.8) is 0 Å². The summed E-state index contributed by atoms with van der Waals surface area (Å²) in [7, 11) is 0. The average molecular weight is 272 g/mol. The molecule has 5 N–H and O–H groups in total. The first-order valence-electron chi connectivity index (χ1n) is 4.87. The Bertz CT molecular complexity index is 423. The molecule has 8 nitrogen and oxygen atoms in total. The van der Waals surface area contributed by atoms with Crippen LogP contribution in [-0.4, -0.2) is 55.6 Å². The lowest BCUT2D eigenvalue weighted by molar-refractivity contribution is -0.165. The summed E-state index contributed by atoms with van der Waals surface area (Å²) >= 11 is 0. The van der Waals surface area contributed by atoms with Gasteiger partial charge in [-0.15, -0.1) is 0 Å². The number of hydrogen-bond donors (Lipinski definition) is 5. The van der Waals surface area contributed by atoms with Crippen LogP contribution in [0.1, 0.15) is 10.4 Å². The number of rotatable bonds is 4. The summed E-state index contributed by atoms with van der Waals surface area (Å²) in [6.07, 6.45) is -4.53. The lowest BCUT2D eigenvalue weighted by Crippen LogP contribution is -2.39. The van der Waals surface area contributed by atoms with E-state index in [1.165, 1.54) is 0 Å². The molecule has 0 aromatic heterocycles. The molecule has 19 heavy (non-hydrogen) atoms. The van der Waals surface area contributed by atoms with Gasteiger partial charge >= 0.3 is 17.9 Å². The number of hydrogen-bond acceptors (Lipinski definition) is 5. The first kappa shape index (κ1) is 16.6. The van der Waals surface area contributed by atoms with E-state index in [1.54, 1.807) is 30.3 Å². The molecular formula is C11H12O8. The molecule has 2 atom stereocenters. The van der Waals surface area contributed by atoms with Crippen molar-refractivity contribution in [1.82, 2.24) is 0 Å². The predicted octanol–water partition coefficient (Wildman–Crippen LogP) is -0.738. The first-order chi connectivity index (χ1) is 8.77. The first-order valence-corrected chi connectivity index (χ1v) is 4.87. The summed E-state index contributed by atoms with van der Waals surface area (Å²) in [5, 5.41) is 40.9. The molecule has 0 aliphatic heterocycles. The Morgan fingerprint density at radius 2 is 1.16 bits per heavy atom. The van der Waals surface area contributed by atoms with E-state index in [-0.39, 0.29) is 0 Å². The topological polar surface area (TPSA) is 152 Å². The SMILES string of the molecule is O=C(O)[C@@H](O)[C@H](O)C(=O)O.O=C(O)c1ccccc1. The number of carbonyl (C=O) groups is 3. The van der Waals surface area contributed by atoms with E-state index in [9.17, 15) is 14.4 Å². The fourth-order valence-corrected chi connectivity index (χ4v) is 0.851. The standard InChI is InChI=1S/C7H6O2.C4H6O6/c8-7(9)6-4-2-1-3-5-6;5-1(3(7)8)2(6)4(9)10/h1-5H,(H,8,9);1-2,5-6H,(H,7,8)(H,9,10)/t;1-,2-/m.0/s1. The lowest BCUT2D eigenvalue weighted by Gasteiger charge is -2.07. The van der Waals surface area contributed by atoms with Crippen LogP contribution in [0, 0.1) is 0 Å². The van der Waals surface area contributed by atoms with Crippen molar-refractivity contribution in [2.24, 2.45) is 0 Å². The van der Waals surface area contributed by atoms with E-state index in [0.717, 1.165) is 0 Å². The van der Waals surface area contributed by atoms with Crippen molar-refractivity contribution in [3.8, 4) is 0 Å². The third kappa shape index (κ3) is 6.15. The van der Waals surface area contributed by atoms with Gasteiger partial charge in [0.15, 0.2) is 12.2 Å². The van der Waals surface area contributed by atoms with Crippen LogP contribution in [0.2, 0.25) is 0 Å². The number of aliphatic hydroxyl groups is 2. The summed E-state index contributed by atoms with van der Waals surface area (Å²) < 4.78 is 0. The van der Waals surface area contributed by atoms with Gasteiger partial charge in [-0.25, -0.2) is 14.4 Å². The predicted molar refractivity (Wildman–Crippen MR) is 60.7 cm³/mol. The Labute approximate surface area is 107 Å². The molecule has 8 heteroatoms. The zero-order valence-corrected chi connectivity index (χ0v) is 9.50. The number of carboxylic acid groups (broad SMARTS) is 3.